The fraction of sp³-hybridized carbons (Fsp3) is 0.867. The summed E-state index contributed by atoms with van der Waals surface area (Å²) in [7, 11) is 0. The third kappa shape index (κ3) is 4.33. The highest BCUT2D eigenvalue weighted by Crippen LogP contribution is 2.24. The molecule has 1 N–H and O–H groups in total. The van der Waals surface area contributed by atoms with Crippen LogP contribution in [0.1, 0.15) is 39.0 Å². The molecule has 1 saturated carbocycles. The van der Waals surface area contributed by atoms with Gasteiger partial charge in [-0.3, -0.25) is 9.69 Å². The Bertz CT molecular complexity index is 361. The van der Waals surface area contributed by atoms with Crippen molar-refractivity contribution in [3.8, 4) is 0 Å². The van der Waals surface area contributed by atoms with E-state index in [1.165, 1.54) is 30.6 Å². The van der Waals surface area contributed by atoms with Crippen molar-refractivity contribution in [2.24, 2.45) is 0 Å². The molecular weight excluding hydrogens is 270 g/mol. The highest BCUT2D eigenvalue weighted by atomic mass is 16.4. The number of carbonyl (C=O) groups excluding carboxylic acids is 1. The lowest BCUT2D eigenvalue weighted by Gasteiger charge is -2.39. The first-order valence-electron chi connectivity index (χ1n) is 8.11. The second kappa shape index (κ2) is 7.64. The van der Waals surface area contributed by atoms with Crippen LogP contribution >= 0.6 is 0 Å². The van der Waals surface area contributed by atoms with Gasteiger partial charge in [-0.05, 0) is 19.3 Å². The van der Waals surface area contributed by atoms with E-state index in [9.17, 15) is 9.59 Å². The van der Waals surface area contributed by atoms with Gasteiger partial charge in [-0.2, -0.15) is 0 Å². The monoisotopic (exact) mass is 297 g/mol. The Morgan fingerprint density at radius 1 is 1.14 bits per heavy atom. The number of carbonyl (C=O) groups is 2. The van der Waals surface area contributed by atoms with Gasteiger partial charge in [0.1, 0.15) is 6.54 Å². The molecule has 1 saturated heterocycles. The number of urea groups is 1. The van der Waals surface area contributed by atoms with Crippen molar-refractivity contribution >= 4 is 12.0 Å². The number of hydrogen-bond donors (Lipinski definition) is 1. The minimum absolute atomic E-state index is 0.120. The van der Waals surface area contributed by atoms with Crippen molar-refractivity contribution in [2.45, 2.75) is 45.1 Å². The lowest BCUT2D eigenvalue weighted by atomic mass is 10.2. The molecule has 2 rings (SSSR count). The molecule has 1 aliphatic carbocycles. The van der Waals surface area contributed by atoms with E-state index >= 15 is 0 Å². The normalized spacial score (nSPS) is 20.7. The van der Waals surface area contributed by atoms with Crippen molar-refractivity contribution in [3.63, 3.8) is 0 Å². The Hall–Kier alpha value is -1.30. The van der Waals surface area contributed by atoms with Gasteiger partial charge in [0.05, 0.1) is 0 Å². The van der Waals surface area contributed by atoms with E-state index in [0.29, 0.717) is 12.6 Å². The van der Waals surface area contributed by atoms with Gasteiger partial charge >= 0.3 is 12.0 Å². The zero-order chi connectivity index (χ0) is 15.2. The molecule has 0 radical (unpaired) electrons. The van der Waals surface area contributed by atoms with E-state index in [-0.39, 0.29) is 12.6 Å². The number of carboxylic acids is 1. The largest absolute Gasteiger partial charge is 0.480 e. The molecule has 6 nitrogen and oxygen atoms in total. The molecule has 0 spiro atoms. The van der Waals surface area contributed by atoms with Crippen LogP contribution in [0.5, 0.6) is 0 Å². The molecule has 2 amide bonds. The number of amides is 2. The molecule has 2 aliphatic rings. The zero-order valence-electron chi connectivity index (χ0n) is 13.0. The van der Waals surface area contributed by atoms with Crippen LogP contribution in [-0.2, 0) is 4.79 Å². The van der Waals surface area contributed by atoms with Crippen LogP contribution in [0.4, 0.5) is 4.79 Å². The van der Waals surface area contributed by atoms with Gasteiger partial charge in [0.15, 0.2) is 0 Å². The SMILES string of the molecule is CCCN(CC(=O)O)C(=O)N1CCN(C2CCCC2)CC1. The highest BCUT2D eigenvalue weighted by Gasteiger charge is 2.29. The summed E-state index contributed by atoms with van der Waals surface area (Å²) in [5.74, 6) is -0.943. The Morgan fingerprint density at radius 3 is 2.29 bits per heavy atom. The standard InChI is InChI=1S/C15H27N3O3/c1-2-7-18(12-14(19)20)15(21)17-10-8-16(9-11-17)13-5-3-4-6-13/h13H,2-12H2,1H3,(H,19,20). The first-order chi connectivity index (χ1) is 10.1. The van der Waals surface area contributed by atoms with Crippen LogP contribution in [0, 0.1) is 0 Å². The van der Waals surface area contributed by atoms with Crippen LogP contribution in [0.15, 0.2) is 0 Å². The second-order valence-corrected chi connectivity index (χ2v) is 6.06. The maximum atomic E-state index is 12.4. The average Bonchev–Trinajstić information content (AvgIpc) is 3.00. The van der Waals surface area contributed by atoms with E-state index in [1.54, 1.807) is 0 Å². The minimum Gasteiger partial charge on any atom is -0.480 e. The molecular formula is C15H27N3O3. The number of piperazine rings is 1. The van der Waals surface area contributed by atoms with Gasteiger partial charge in [0, 0.05) is 38.8 Å². The summed E-state index contributed by atoms with van der Waals surface area (Å²) >= 11 is 0. The Labute approximate surface area is 126 Å². The third-order valence-corrected chi connectivity index (χ3v) is 4.52. The molecule has 0 atom stereocenters. The Balaban J connectivity index is 1.84. The van der Waals surface area contributed by atoms with Crippen LogP contribution in [0.25, 0.3) is 0 Å². The lowest BCUT2D eigenvalue weighted by molar-refractivity contribution is -0.137. The first-order valence-corrected chi connectivity index (χ1v) is 8.11. The predicted molar refractivity (Wildman–Crippen MR) is 80.3 cm³/mol. The van der Waals surface area contributed by atoms with Gasteiger partial charge in [-0.1, -0.05) is 19.8 Å². The second-order valence-electron chi connectivity index (χ2n) is 6.06. The molecule has 21 heavy (non-hydrogen) atoms. The summed E-state index contributed by atoms with van der Waals surface area (Å²) < 4.78 is 0. The van der Waals surface area contributed by atoms with Gasteiger partial charge in [0.2, 0.25) is 0 Å². The fourth-order valence-electron chi connectivity index (χ4n) is 3.42. The van der Waals surface area contributed by atoms with Crippen molar-refractivity contribution in [1.82, 2.24) is 14.7 Å². The summed E-state index contributed by atoms with van der Waals surface area (Å²) in [6.07, 6.45) is 6.00. The summed E-state index contributed by atoms with van der Waals surface area (Å²) in [5, 5.41) is 8.92. The summed E-state index contributed by atoms with van der Waals surface area (Å²) in [6.45, 7) is 5.54. The number of hydrogen-bond acceptors (Lipinski definition) is 3. The molecule has 0 aromatic rings. The summed E-state index contributed by atoms with van der Waals surface area (Å²) in [4.78, 5) is 29.1. The van der Waals surface area contributed by atoms with Crippen LogP contribution in [0.2, 0.25) is 0 Å². The van der Waals surface area contributed by atoms with Gasteiger partial charge in [0.25, 0.3) is 0 Å². The molecule has 0 aromatic carbocycles. The van der Waals surface area contributed by atoms with Crippen molar-refractivity contribution in [3.05, 3.63) is 0 Å². The average molecular weight is 297 g/mol. The summed E-state index contributed by atoms with van der Waals surface area (Å²) in [5.41, 5.74) is 0. The number of aliphatic carboxylic acids is 1. The molecule has 120 valence electrons. The van der Waals surface area contributed by atoms with E-state index in [0.717, 1.165) is 32.6 Å². The van der Waals surface area contributed by atoms with Crippen molar-refractivity contribution in [1.29, 1.82) is 0 Å². The zero-order valence-corrected chi connectivity index (χ0v) is 13.0. The highest BCUT2D eigenvalue weighted by molar-refractivity contribution is 5.80. The van der Waals surface area contributed by atoms with Gasteiger partial charge in [-0.15, -0.1) is 0 Å². The maximum absolute atomic E-state index is 12.4. The Kier molecular flexibility index (Phi) is 5.85. The molecule has 1 heterocycles. The van der Waals surface area contributed by atoms with Gasteiger partial charge < -0.3 is 14.9 Å². The first kappa shape index (κ1) is 16.1. The van der Waals surface area contributed by atoms with Crippen LogP contribution in [0.3, 0.4) is 0 Å². The molecule has 1 aliphatic heterocycles. The molecule has 0 aromatic heterocycles. The van der Waals surface area contributed by atoms with Crippen molar-refractivity contribution in [2.75, 3.05) is 39.3 Å². The van der Waals surface area contributed by atoms with Crippen molar-refractivity contribution < 1.29 is 14.7 Å². The van der Waals surface area contributed by atoms with Crippen LogP contribution < -0.4 is 0 Å². The van der Waals surface area contributed by atoms with E-state index < -0.39 is 5.97 Å². The quantitative estimate of drug-likeness (QED) is 0.834. The van der Waals surface area contributed by atoms with E-state index in [4.69, 9.17) is 5.11 Å². The summed E-state index contributed by atoms with van der Waals surface area (Å²) in [6, 6.07) is 0.582. The smallest absolute Gasteiger partial charge is 0.323 e. The topological polar surface area (TPSA) is 64.1 Å². The van der Waals surface area contributed by atoms with E-state index in [1.807, 2.05) is 11.8 Å². The molecule has 6 heteroatoms. The third-order valence-electron chi connectivity index (χ3n) is 4.52. The van der Waals surface area contributed by atoms with Gasteiger partial charge in [-0.25, -0.2) is 4.79 Å². The molecule has 0 bridgehead atoms. The lowest BCUT2D eigenvalue weighted by Crippen LogP contribution is -2.55. The maximum Gasteiger partial charge on any atom is 0.323 e. The van der Waals surface area contributed by atoms with Crippen LogP contribution in [-0.4, -0.2) is 77.1 Å². The number of carboxylic acid groups (broad SMARTS) is 1. The predicted octanol–water partition coefficient (Wildman–Crippen LogP) is 1.46. The molecule has 2 fully saturated rings. The number of rotatable bonds is 5. The number of nitrogens with zero attached hydrogens (tertiary/aromatic N) is 3. The Morgan fingerprint density at radius 2 is 1.76 bits per heavy atom. The minimum atomic E-state index is -0.943. The fourth-order valence-corrected chi connectivity index (χ4v) is 3.42. The van der Waals surface area contributed by atoms with E-state index in [2.05, 4.69) is 4.90 Å². The molecule has 0 unspecified atom stereocenters.